The molecule has 0 saturated carbocycles. The third-order valence-corrected chi connectivity index (χ3v) is 6.56. The quantitative estimate of drug-likeness (QED) is 0.361. The first-order valence-electron chi connectivity index (χ1n) is 11.9. The Balaban J connectivity index is 1.70. The van der Waals surface area contributed by atoms with Gasteiger partial charge in [-0.05, 0) is 41.0 Å². The molecule has 0 atom stereocenters. The molecular weight excluding hydrogens is 468 g/mol. The Morgan fingerprint density at radius 3 is 2.27 bits per heavy atom. The molecule has 3 aromatic carbocycles. The van der Waals surface area contributed by atoms with Crippen molar-refractivity contribution in [2.45, 2.75) is 13.1 Å². The van der Waals surface area contributed by atoms with Crippen molar-refractivity contribution >= 4 is 28.5 Å². The Morgan fingerprint density at radius 1 is 0.946 bits per heavy atom. The van der Waals surface area contributed by atoms with E-state index in [9.17, 15) is 9.90 Å². The van der Waals surface area contributed by atoms with Crippen LogP contribution in [-0.2, 0) is 13.1 Å². The molecule has 37 heavy (non-hydrogen) atoms. The molecule has 4 aromatic rings. The Bertz CT molecular complexity index is 1470. The number of ether oxygens (including phenoxy) is 3. The lowest BCUT2D eigenvalue weighted by molar-refractivity contribution is 0.0696. The van der Waals surface area contributed by atoms with Crippen LogP contribution in [0.5, 0.6) is 17.2 Å². The molecule has 1 N–H and O–H groups in total. The second-order valence-corrected chi connectivity index (χ2v) is 8.90. The standard InChI is InChI=1S/C30H28N2O5/c1-35-25-14-20(15-26(36-2)29(25)37-3)13-21-17-32(16-19-9-5-4-6-10-19)18-23-27(30(33)34)22-11-7-8-12-24(22)31-28(21)23/h4-15H,16-18H2,1-3H3,(H,33,34). The minimum absolute atomic E-state index is 0.300. The molecule has 7 nitrogen and oxygen atoms in total. The van der Waals surface area contributed by atoms with Gasteiger partial charge >= 0.3 is 5.97 Å². The molecule has 0 fully saturated rings. The molecule has 0 unspecified atom stereocenters. The number of nitrogens with zero attached hydrogens (tertiary/aromatic N) is 2. The van der Waals surface area contributed by atoms with E-state index in [1.807, 2.05) is 60.7 Å². The third kappa shape index (κ3) is 4.73. The van der Waals surface area contributed by atoms with Crippen LogP contribution in [0.4, 0.5) is 0 Å². The Labute approximate surface area is 215 Å². The van der Waals surface area contributed by atoms with Crippen LogP contribution in [0.25, 0.3) is 22.6 Å². The monoisotopic (exact) mass is 496 g/mol. The summed E-state index contributed by atoms with van der Waals surface area (Å²) in [5.74, 6) is 0.648. The number of carbonyl (C=O) groups is 1. The maximum absolute atomic E-state index is 12.5. The molecule has 0 saturated heterocycles. The van der Waals surface area contributed by atoms with Gasteiger partial charge in [-0.15, -0.1) is 0 Å². The number of pyridine rings is 1. The van der Waals surface area contributed by atoms with Gasteiger partial charge in [0.15, 0.2) is 11.5 Å². The highest BCUT2D eigenvalue weighted by Gasteiger charge is 2.29. The van der Waals surface area contributed by atoms with Gasteiger partial charge in [-0.3, -0.25) is 4.90 Å². The van der Waals surface area contributed by atoms with Gasteiger partial charge in [-0.25, -0.2) is 9.78 Å². The van der Waals surface area contributed by atoms with E-state index in [1.54, 1.807) is 21.3 Å². The Kier molecular flexibility index (Phi) is 6.79. The lowest BCUT2D eigenvalue weighted by Crippen LogP contribution is -2.31. The van der Waals surface area contributed by atoms with E-state index in [2.05, 4.69) is 17.0 Å². The summed E-state index contributed by atoms with van der Waals surface area (Å²) in [5.41, 5.74) is 5.29. The van der Waals surface area contributed by atoms with Crippen LogP contribution in [0.3, 0.4) is 0 Å². The summed E-state index contributed by atoms with van der Waals surface area (Å²) in [4.78, 5) is 19.7. The molecule has 5 rings (SSSR count). The number of rotatable bonds is 7. The average molecular weight is 497 g/mol. The molecule has 0 spiro atoms. The number of aromatic carboxylic acids is 1. The average Bonchev–Trinajstić information content (AvgIpc) is 2.91. The summed E-state index contributed by atoms with van der Waals surface area (Å²) in [6.45, 7) is 1.76. The molecule has 0 amide bonds. The van der Waals surface area contributed by atoms with Gasteiger partial charge < -0.3 is 19.3 Å². The summed E-state index contributed by atoms with van der Waals surface area (Å²) in [5, 5.41) is 10.9. The number of carboxylic acids is 1. The van der Waals surface area contributed by atoms with Crippen LogP contribution in [0, 0.1) is 0 Å². The molecular formula is C30H28N2O5. The zero-order chi connectivity index (χ0) is 25.9. The predicted octanol–water partition coefficient (Wildman–Crippen LogP) is 5.52. The predicted molar refractivity (Wildman–Crippen MR) is 143 cm³/mol. The number of hydrogen-bond donors (Lipinski definition) is 1. The number of carboxylic acid groups (broad SMARTS) is 1. The number of fused-ring (bicyclic) bond motifs is 2. The van der Waals surface area contributed by atoms with Gasteiger partial charge in [-0.2, -0.15) is 0 Å². The number of hydrogen-bond acceptors (Lipinski definition) is 6. The van der Waals surface area contributed by atoms with E-state index in [0.717, 1.165) is 16.7 Å². The van der Waals surface area contributed by atoms with Crippen LogP contribution in [0.2, 0.25) is 0 Å². The number of methoxy groups -OCH3 is 3. The normalized spacial score (nSPS) is 14.4. The summed E-state index contributed by atoms with van der Waals surface area (Å²) in [6.07, 6.45) is 2.02. The van der Waals surface area contributed by atoms with E-state index in [4.69, 9.17) is 19.2 Å². The van der Waals surface area contributed by atoms with Crippen LogP contribution in [-0.4, -0.2) is 48.8 Å². The van der Waals surface area contributed by atoms with Crippen molar-refractivity contribution in [3.63, 3.8) is 0 Å². The molecule has 0 bridgehead atoms. The van der Waals surface area contributed by atoms with E-state index in [1.165, 1.54) is 0 Å². The maximum Gasteiger partial charge on any atom is 0.336 e. The molecule has 1 aromatic heterocycles. The zero-order valence-electron chi connectivity index (χ0n) is 21.0. The molecule has 2 heterocycles. The van der Waals surface area contributed by atoms with E-state index in [0.29, 0.717) is 64.6 Å². The molecule has 1 aliphatic rings. The SMILES string of the molecule is COc1cc(C=C2CN(Cc3ccccc3)Cc3c2nc2ccccc2c3C(=O)O)cc(OC)c1OC. The summed E-state index contributed by atoms with van der Waals surface area (Å²) >= 11 is 0. The molecule has 7 heteroatoms. The maximum atomic E-state index is 12.5. The van der Waals surface area contributed by atoms with Crippen molar-refractivity contribution < 1.29 is 24.1 Å². The van der Waals surface area contributed by atoms with Gasteiger partial charge in [0.1, 0.15) is 0 Å². The first kappa shape index (κ1) is 24.3. The Hall–Kier alpha value is -4.36. The highest BCUT2D eigenvalue weighted by Crippen LogP contribution is 2.40. The van der Waals surface area contributed by atoms with Crippen LogP contribution < -0.4 is 14.2 Å². The van der Waals surface area contributed by atoms with Crippen LogP contribution in [0.15, 0.2) is 66.7 Å². The number of aromatic nitrogens is 1. The van der Waals surface area contributed by atoms with Gasteiger partial charge in [-0.1, -0.05) is 48.5 Å². The van der Waals surface area contributed by atoms with Crippen LogP contribution >= 0.6 is 0 Å². The van der Waals surface area contributed by atoms with E-state index < -0.39 is 5.97 Å². The van der Waals surface area contributed by atoms with Crippen molar-refractivity contribution in [3.05, 3.63) is 94.7 Å². The van der Waals surface area contributed by atoms with Crippen molar-refractivity contribution in [1.29, 1.82) is 0 Å². The third-order valence-electron chi connectivity index (χ3n) is 6.56. The first-order chi connectivity index (χ1) is 18.0. The van der Waals surface area contributed by atoms with E-state index in [-0.39, 0.29) is 0 Å². The number of para-hydroxylation sites is 1. The van der Waals surface area contributed by atoms with Crippen LogP contribution in [0.1, 0.15) is 32.7 Å². The fourth-order valence-corrected chi connectivity index (χ4v) is 4.96. The smallest absolute Gasteiger partial charge is 0.336 e. The van der Waals surface area contributed by atoms with Crippen molar-refractivity contribution in [2.75, 3.05) is 27.9 Å². The first-order valence-corrected chi connectivity index (χ1v) is 11.9. The fourth-order valence-electron chi connectivity index (χ4n) is 4.96. The molecule has 188 valence electrons. The minimum Gasteiger partial charge on any atom is -0.493 e. The topological polar surface area (TPSA) is 81.1 Å². The minimum atomic E-state index is -0.955. The summed E-state index contributed by atoms with van der Waals surface area (Å²) < 4.78 is 16.6. The van der Waals surface area contributed by atoms with Gasteiger partial charge in [0, 0.05) is 30.6 Å². The lowest BCUT2D eigenvalue weighted by Gasteiger charge is -2.31. The molecule has 1 aliphatic heterocycles. The van der Waals surface area contributed by atoms with Gasteiger partial charge in [0.05, 0.1) is 38.1 Å². The van der Waals surface area contributed by atoms with Crippen molar-refractivity contribution in [2.24, 2.45) is 0 Å². The highest BCUT2D eigenvalue weighted by atomic mass is 16.5. The van der Waals surface area contributed by atoms with Crippen molar-refractivity contribution in [1.82, 2.24) is 9.88 Å². The van der Waals surface area contributed by atoms with Gasteiger partial charge in [0.2, 0.25) is 5.75 Å². The molecule has 0 aliphatic carbocycles. The van der Waals surface area contributed by atoms with E-state index >= 15 is 0 Å². The Morgan fingerprint density at radius 2 is 1.62 bits per heavy atom. The second-order valence-electron chi connectivity index (χ2n) is 8.90. The summed E-state index contributed by atoms with van der Waals surface area (Å²) in [7, 11) is 4.73. The summed E-state index contributed by atoms with van der Waals surface area (Å²) in [6, 6.07) is 21.3. The fraction of sp³-hybridized carbons (Fsp3) is 0.200. The van der Waals surface area contributed by atoms with Gasteiger partial charge in [0.25, 0.3) is 0 Å². The number of benzene rings is 3. The lowest BCUT2D eigenvalue weighted by atomic mass is 9.91. The second kappa shape index (κ2) is 10.3. The zero-order valence-corrected chi connectivity index (χ0v) is 21.0. The largest absolute Gasteiger partial charge is 0.493 e. The molecule has 0 radical (unpaired) electrons. The van der Waals surface area contributed by atoms with Crippen molar-refractivity contribution in [3.8, 4) is 17.2 Å². The highest BCUT2D eigenvalue weighted by molar-refractivity contribution is 6.06.